The van der Waals surface area contributed by atoms with Gasteiger partial charge >= 0.3 is 0 Å². The molecule has 0 saturated heterocycles. The Kier molecular flexibility index (Phi) is 3.09. The molecule has 0 saturated carbocycles. The molecule has 1 aromatic carbocycles. The lowest BCUT2D eigenvalue weighted by Gasteiger charge is -2.06. The van der Waals surface area contributed by atoms with Gasteiger partial charge in [0, 0.05) is 11.5 Å². The van der Waals surface area contributed by atoms with Crippen LogP contribution in [0.3, 0.4) is 0 Å². The van der Waals surface area contributed by atoms with Gasteiger partial charge in [0.2, 0.25) is 0 Å². The molecule has 0 unspecified atom stereocenters. The van der Waals surface area contributed by atoms with Gasteiger partial charge in [-0.15, -0.1) is 0 Å². The predicted molar refractivity (Wildman–Crippen MR) is 77.5 cm³/mol. The fourth-order valence-electron chi connectivity index (χ4n) is 1.97. The summed E-state index contributed by atoms with van der Waals surface area (Å²) in [6.45, 7) is 2.03. The number of halogens is 2. The highest BCUT2D eigenvalue weighted by molar-refractivity contribution is 6.33. The maximum absolute atomic E-state index is 5.89. The van der Waals surface area contributed by atoms with Gasteiger partial charge in [0.1, 0.15) is 16.0 Å². The van der Waals surface area contributed by atoms with Gasteiger partial charge in [0.15, 0.2) is 5.82 Å². The third-order valence-electron chi connectivity index (χ3n) is 2.82. The first kappa shape index (κ1) is 12.3. The minimum Gasteiger partial charge on any atom is -0.244 e. The number of aromatic nitrogens is 3. The third-order valence-corrected chi connectivity index (χ3v) is 3.20. The molecule has 94 valence electrons. The first-order valence-corrected chi connectivity index (χ1v) is 6.46. The van der Waals surface area contributed by atoms with Crippen LogP contribution in [0.2, 0.25) is 10.3 Å². The molecule has 0 radical (unpaired) electrons. The average Bonchev–Trinajstić information content (AvgIpc) is 2.37. The lowest BCUT2D eigenvalue weighted by molar-refractivity contribution is 1.15. The number of nitrogens with zero attached hydrogens (tertiary/aromatic N) is 3. The van der Waals surface area contributed by atoms with E-state index in [1.54, 1.807) is 0 Å². The highest BCUT2D eigenvalue weighted by atomic mass is 35.5. The third kappa shape index (κ3) is 2.39. The molecule has 3 aromatic rings. The average molecular weight is 290 g/mol. The molecular weight excluding hydrogens is 281 g/mol. The molecule has 3 nitrogen and oxygen atoms in total. The molecule has 0 aliphatic rings. The van der Waals surface area contributed by atoms with Crippen molar-refractivity contribution < 1.29 is 0 Å². The molecular formula is C14H9Cl2N3. The summed E-state index contributed by atoms with van der Waals surface area (Å²) in [4.78, 5) is 12.9. The Labute approximate surface area is 120 Å². The van der Waals surface area contributed by atoms with E-state index < -0.39 is 0 Å². The number of hydrogen-bond acceptors (Lipinski definition) is 3. The fraction of sp³-hybridized carbons (Fsp3) is 0.0714. The molecule has 5 heteroatoms. The van der Waals surface area contributed by atoms with Crippen molar-refractivity contribution in [2.45, 2.75) is 6.92 Å². The largest absolute Gasteiger partial charge is 0.244 e. The molecule has 3 rings (SSSR count). The van der Waals surface area contributed by atoms with Gasteiger partial charge in [0.05, 0.1) is 5.52 Å². The topological polar surface area (TPSA) is 38.7 Å². The summed E-state index contributed by atoms with van der Waals surface area (Å²) in [6, 6.07) is 11.4. The zero-order valence-electron chi connectivity index (χ0n) is 10.1. The minimum absolute atomic E-state index is 0.308. The summed E-state index contributed by atoms with van der Waals surface area (Å²) in [5, 5.41) is 1.73. The van der Waals surface area contributed by atoms with E-state index in [2.05, 4.69) is 15.0 Å². The van der Waals surface area contributed by atoms with Crippen molar-refractivity contribution in [3.05, 3.63) is 52.3 Å². The van der Waals surface area contributed by atoms with Gasteiger partial charge in [0.25, 0.3) is 0 Å². The molecule has 0 bridgehead atoms. The van der Waals surface area contributed by atoms with E-state index in [0.29, 0.717) is 21.8 Å². The predicted octanol–water partition coefficient (Wildman–Crippen LogP) is 4.31. The molecule has 0 aliphatic carbocycles. The quantitative estimate of drug-likeness (QED) is 0.627. The first-order chi connectivity index (χ1) is 9.13. The highest BCUT2D eigenvalue weighted by Gasteiger charge is 2.09. The van der Waals surface area contributed by atoms with Crippen molar-refractivity contribution in [3.8, 4) is 11.5 Å². The summed E-state index contributed by atoms with van der Waals surface area (Å²) in [5.74, 6) is 0.436. The molecule has 0 N–H and O–H groups in total. The fourth-order valence-corrected chi connectivity index (χ4v) is 2.39. The van der Waals surface area contributed by atoms with Crippen LogP contribution in [0.1, 0.15) is 5.56 Å². The molecule has 0 fully saturated rings. The monoisotopic (exact) mass is 289 g/mol. The number of aryl methyl sites for hydroxylation is 1. The van der Waals surface area contributed by atoms with Gasteiger partial charge in [-0.3, -0.25) is 0 Å². The van der Waals surface area contributed by atoms with Crippen molar-refractivity contribution in [1.29, 1.82) is 0 Å². The number of para-hydroxylation sites is 1. The smallest absolute Gasteiger partial charge is 0.181 e. The summed E-state index contributed by atoms with van der Waals surface area (Å²) in [6.07, 6.45) is 0. The van der Waals surface area contributed by atoms with Crippen LogP contribution in [0.4, 0.5) is 0 Å². The van der Waals surface area contributed by atoms with Crippen molar-refractivity contribution >= 4 is 34.1 Å². The second-order valence-corrected chi connectivity index (χ2v) is 4.95. The van der Waals surface area contributed by atoms with Crippen molar-refractivity contribution in [3.63, 3.8) is 0 Å². The first-order valence-electron chi connectivity index (χ1n) is 5.70. The van der Waals surface area contributed by atoms with E-state index >= 15 is 0 Å². The lowest BCUT2D eigenvalue weighted by Crippen LogP contribution is -1.94. The van der Waals surface area contributed by atoms with Gasteiger partial charge < -0.3 is 0 Å². The van der Waals surface area contributed by atoms with Crippen LogP contribution in [-0.2, 0) is 0 Å². The summed E-state index contributed by atoms with van der Waals surface area (Å²) >= 11 is 11.8. The van der Waals surface area contributed by atoms with Crippen LogP contribution in [0.15, 0.2) is 36.4 Å². The SMILES string of the molecule is Cc1cc(-c2nc(Cl)cc(Cl)n2)nc2ccccc12. The molecule has 2 aromatic heterocycles. The lowest BCUT2D eigenvalue weighted by atomic mass is 10.1. The Balaban J connectivity index is 2.25. The zero-order chi connectivity index (χ0) is 13.4. The second-order valence-electron chi connectivity index (χ2n) is 4.18. The van der Waals surface area contributed by atoms with Crippen LogP contribution in [0.5, 0.6) is 0 Å². The number of rotatable bonds is 1. The van der Waals surface area contributed by atoms with E-state index in [4.69, 9.17) is 23.2 Å². The van der Waals surface area contributed by atoms with Crippen molar-refractivity contribution in [2.24, 2.45) is 0 Å². The molecule has 0 amide bonds. The Morgan fingerprint density at radius 2 is 1.58 bits per heavy atom. The van der Waals surface area contributed by atoms with Crippen molar-refractivity contribution in [2.75, 3.05) is 0 Å². The number of fused-ring (bicyclic) bond motifs is 1. The molecule has 19 heavy (non-hydrogen) atoms. The molecule has 0 aliphatic heterocycles. The number of benzene rings is 1. The summed E-state index contributed by atoms with van der Waals surface area (Å²) < 4.78 is 0. The Bertz CT molecular complexity index is 751. The maximum Gasteiger partial charge on any atom is 0.181 e. The van der Waals surface area contributed by atoms with Crippen LogP contribution in [-0.4, -0.2) is 15.0 Å². The van der Waals surface area contributed by atoms with E-state index in [9.17, 15) is 0 Å². The van der Waals surface area contributed by atoms with E-state index in [1.807, 2.05) is 37.3 Å². The summed E-state index contributed by atoms with van der Waals surface area (Å²) in [5.41, 5.74) is 2.68. The van der Waals surface area contributed by atoms with Crippen LogP contribution >= 0.6 is 23.2 Å². The van der Waals surface area contributed by atoms with Crippen LogP contribution in [0, 0.1) is 6.92 Å². The molecule has 0 atom stereocenters. The number of hydrogen-bond donors (Lipinski definition) is 0. The Hall–Kier alpha value is -1.71. The van der Waals surface area contributed by atoms with Crippen LogP contribution in [0.25, 0.3) is 22.4 Å². The Morgan fingerprint density at radius 1 is 0.895 bits per heavy atom. The van der Waals surface area contributed by atoms with E-state index in [1.165, 1.54) is 6.07 Å². The zero-order valence-corrected chi connectivity index (χ0v) is 11.6. The molecule has 0 spiro atoms. The molecule has 2 heterocycles. The van der Waals surface area contributed by atoms with E-state index in [-0.39, 0.29) is 0 Å². The van der Waals surface area contributed by atoms with Gasteiger partial charge in [-0.2, -0.15) is 0 Å². The maximum atomic E-state index is 5.89. The normalized spacial score (nSPS) is 10.9. The standard InChI is InChI=1S/C14H9Cl2N3/c1-8-6-11(14-18-12(15)7-13(16)19-14)17-10-5-3-2-4-9(8)10/h2-7H,1H3. The Morgan fingerprint density at radius 3 is 2.32 bits per heavy atom. The second kappa shape index (κ2) is 4.76. The van der Waals surface area contributed by atoms with Crippen molar-refractivity contribution in [1.82, 2.24) is 15.0 Å². The number of pyridine rings is 1. The van der Waals surface area contributed by atoms with Gasteiger partial charge in [-0.05, 0) is 24.6 Å². The van der Waals surface area contributed by atoms with E-state index in [0.717, 1.165) is 16.5 Å². The summed E-state index contributed by atoms with van der Waals surface area (Å²) in [7, 11) is 0. The highest BCUT2D eigenvalue weighted by Crippen LogP contribution is 2.24. The van der Waals surface area contributed by atoms with Gasteiger partial charge in [-0.25, -0.2) is 15.0 Å². The minimum atomic E-state index is 0.308. The van der Waals surface area contributed by atoms with Gasteiger partial charge in [-0.1, -0.05) is 41.4 Å². The van der Waals surface area contributed by atoms with Crippen LogP contribution < -0.4 is 0 Å².